The van der Waals surface area contributed by atoms with E-state index in [0.29, 0.717) is 5.92 Å². The van der Waals surface area contributed by atoms with Crippen molar-refractivity contribution >= 4 is 25.2 Å². The minimum Gasteiger partial charge on any atom is -0.497 e. The van der Waals surface area contributed by atoms with E-state index in [1.54, 1.807) is 7.11 Å². The summed E-state index contributed by atoms with van der Waals surface area (Å²) in [4.78, 5) is 0. The van der Waals surface area contributed by atoms with Crippen molar-refractivity contribution in [1.29, 1.82) is 0 Å². The number of nitrogens with zero attached hydrogens (tertiary/aromatic N) is 1. The quantitative estimate of drug-likeness (QED) is 0.786. The van der Waals surface area contributed by atoms with Crippen LogP contribution in [0.1, 0.15) is 18.4 Å². The van der Waals surface area contributed by atoms with Crippen molar-refractivity contribution in [3.05, 3.63) is 58.5 Å². The van der Waals surface area contributed by atoms with Crippen LogP contribution in [0, 0.1) is 0 Å². The van der Waals surface area contributed by atoms with Crippen LogP contribution in [0.4, 0.5) is 5.69 Å². The number of hydrogen-bond acceptors (Lipinski definition) is 2. The summed E-state index contributed by atoms with van der Waals surface area (Å²) in [5.41, 5.74) is 5.72. The fourth-order valence-corrected chi connectivity index (χ4v) is 6.04. The van der Waals surface area contributed by atoms with Gasteiger partial charge in [-0.05, 0) is 35.9 Å². The Balaban J connectivity index is 2.10. The van der Waals surface area contributed by atoms with Crippen LogP contribution in [0.2, 0.25) is 19.6 Å². The van der Waals surface area contributed by atoms with Gasteiger partial charge >= 0.3 is 0 Å². The molecule has 0 saturated carbocycles. The molecule has 0 aromatic heterocycles. The van der Waals surface area contributed by atoms with Gasteiger partial charge in [-0.3, -0.25) is 0 Å². The molecule has 0 amide bonds. The Hall–Kier alpha value is -2.00. The molecule has 0 saturated heterocycles. The third-order valence-electron chi connectivity index (χ3n) is 5.03. The molecule has 23 heavy (non-hydrogen) atoms. The van der Waals surface area contributed by atoms with E-state index in [1.807, 2.05) is 0 Å². The van der Waals surface area contributed by atoms with Gasteiger partial charge in [-0.25, -0.2) is 0 Å². The molecule has 0 N–H and O–H groups in total. The number of rotatable bonds is 2. The molecule has 2 aliphatic rings. The Kier molecular flexibility index (Phi) is 3.01. The maximum atomic E-state index is 5.50. The van der Waals surface area contributed by atoms with Crippen molar-refractivity contribution < 1.29 is 4.74 Å². The summed E-state index contributed by atoms with van der Waals surface area (Å²) in [6.45, 7) is 9.56. The van der Waals surface area contributed by atoms with Crippen LogP contribution < -0.4 is 19.7 Å². The minimum absolute atomic E-state index is 0.379. The third-order valence-corrected chi connectivity index (χ3v) is 6.86. The summed E-state index contributed by atoms with van der Waals surface area (Å²) in [5, 5.41) is 2.82. The average molecular weight is 321 g/mol. The van der Waals surface area contributed by atoms with Crippen molar-refractivity contribution in [3.8, 4) is 5.75 Å². The predicted molar refractivity (Wildman–Crippen MR) is 99.7 cm³/mol. The van der Waals surface area contributed by atoms with Crippen molar-refractivity contribution in [2.45, 2.75) is 32.5 Å². The van der Waals surface area contributed by atoms with Gasteiger partial charge in [0.15, 0.2) is 8.24 Å². The van der Waals surface area contributed by atoms with Crippen molar-refractivity contribution in [1.82, 2.24) is 0 Å². The highest BCUT2D eigenvalue weighted by Gasteiger charge is 2.43. The van der Waals surface area contributed by atoms with Crippen LogP contribution in [-0.2, 0) is 0 Å². The Morgan fingerprint density at radius 3 is 2.35 bits per heavy atom. The summed E-state index contributed by atoms with van der Waals surface area (Å²) in [6, 6.07) is 15.4. The normalized spacial score (nSPS) is 18.8. The van der Waals surface area contributed by atoms with Crippen LogP contribution in [-0.4, -0.2) is 15.3 Å². The molecule has 0 fully saturated rings. The molecule has 118 valence electrons. The second-order valence-corrected chi connectivity index (χ2v) is 12.3. The van der Waals surface area contributed by atoms with Crippen LogP contribution >= 0.6 is 0 Å². The molecule has 0 spiro atoms. The lowest BCUT2D eigenvalue weighted by Crippen LogP contribution is -2.45. The standard InChI is InChI=1S/C20H23NOSi/c1-13-15-8-6-7-9-16(15)20-19(13)17-12-14(22-2)10-11-18(17)21(20)23(3,4)5/h6-12,19H,1-5H3. The molecule has 0 bridgehead atoms. The average Bonchev–Trinajstić information content (AvgIpc) is 3.01. The Labute approximate surface area is 138 Å². The lowest BCUT2D eigenvalue weighted by atomic mass is 9.94. The van der Waals surface area contributed by atoms with E-state index < -0.39 is 8.24 Å². The highest BCUT2D eigenvalue weighted by molar-refractivity contribution is 6.81. The third kappa shape index (κ3) is 1.93. The van der Waals surface area contributed by atoms with Gasteiger partial charge in [0.25, 0.3) is 0 Å². The monoisotopic (exact) mass is 321 g/mol. The van der Waals surface area contributed by atoms with Crippen LogP contribution in [0.5, 0.6) is 5.75 Å². The van der Waals surface area contributed by atoms with Crippen molar-refractivity contribution in [3.63, 3.8) is 0 Å². The zero-order valence-electron chi connectivity index (χ0n) is 14.5. The van der Waals surface area contributed by atoms with Gasteiger partial charge in [0.05, 0.1) is 7.11 Å². The molecule has 2 nitrogen and oxygen atoms in total. The van der Waals surface area contributed by atoms with E-state index >= 15 is 0 Å². The molecular formula is C20H23NOSi. The molecule has 2 aromatic carbocycles. The Morgan fingerprint density at radius 1 is 1.00 bits per heavy atom. The zero-order chi connectivity index (χ0) is 16.4. The van der Waals surface area contributed by atoms with Gasteiger partial charge < -0.3 is 9.30 Å². The largest absolute Gasteiger partial charge is 0.497 e. The second-order valence-electron chi connectivity index (χ2n) is 7.48. The summed E-state index contributed by atoms with van der Waals surface area (Å²) in [5.74, 6) is 1.33. The summed E-state index contributed by atoms with van der Waals surface area (Å²) in [6.07, 6.45) is 0. The molecule has 1 heterocycles. The number of benzene rings is 2. The zero-order valence-corrected chi connectivity index (χ0v) is 15.5. The lowest BCUT2D eigenvalue weighted by Gasteiger charge is -2.34. The van der Waals surface area contributed by atoms with Gasteiger partial charge in [-0.1, -0.05) is 49.5 Å². The minimum atomic E-state index is -1.54. The summed E-state index contributed by atoms with van der Waals surface area (Å²) >= 11 is 0. The van der Waals surface area contributed by atoms with Crippen molar-refractivity contribution in [2.24, 2.45) is 0 Å². The van der Waals surface area contributed by atoms with E-state index in [1.165, 1.54) is 33.0 Å². The summed E-state index contributed by atoms with van der Waals surface area (Å²) < 4.78 is 8.15. The van der Waals surface area contributed by atoms with Gasteiger partial charge in [0.2, 0.25) is 0 Å². The first-order valence-electron chi connectivity index (χ1n) is 8.21. The van der Waals surface area contributed by atoms with E-state index in [9.17, 15) is 0 Å². The van der Waals surface area contributed by atoms with Gasteiger partial charge in [-0.15, -0.1) is 0 Å². The fraction of sp³-hybridized carbons (Fsp3) is 0.300. The topological polar surface area (TPSA) is 12.5 Å². The maximum Gasteiger partial charge on any atom is 0.153 e. The molecule has 4 rings (SSSR count). The molecule has 1 aliphatic heterocycles. The van der Waals surface area contributed by atoms with E-state index in [2.05, 4.69) is 73.6 Å². The molecular weight excluding hydrogens is 298 g/mol. The molecule has 0 radical (unpaired) electrons. The Bertz CT molecular complexity index is 923. The first-order valence-corrected chi connectivity index (χ1v) is 11.7. The summed E-state index contributed by atoms with van der Waals surface area (Å²) in [7, 11) is 0.203. The smallest absolute Gasteiger partial charge is 0.153 e. The van der Waals surface area contributed by atoms with E-state index in [4.69, 9.17) is 4.74 Å². The van der Waals surface area contributed by atoms with E-state index in [-0.39, 0.29) is 0 Å². The van der Waals surface area contributed by atoms with Gasteiger partial charge in [0.1, 0.15) is 5.75 Å². The maximum absolute atomic E-state index is 5.50. The number of anilines is 1. The molecule has 1 unspecified atom stereocenters. The number of ether oxygens (including phenoxy) is 1. The number of hydrogen-bond donors (Lipinski definition) is 0. The first kappa shape index (κ1) is 14.6. The second kappa shape index (κ2) is 4.75. The highest BCUT2D eigenvalue weighted by atomic mass is 28.3. The van der Waals surface area contributed by atoms with Gasteiger partial charge in [0, 0.05) is 22.5 Å². The SMILES string of the molecule is COc1ccc2c(c1)C1C(C)=c3ccccc3=C1N2[Si](C)(C)C. The number of methoxy groups -OCH3 is 1. The Morgan fingerprint density at radius 2 is 1.70 bits per heavy atom. The lowest BCUT2D eigenvalue weighted by molar-refractivity contribution is 0.414. The molecule has 1 atom stereocenters. The van der Waals surface area contributed by atoms with E-state index in [0.717, 1.165) is 5.75 Å². The molecule has 3 heteroatoms. The molecule has 1 aliphatic carbocycles. The fourth-order valence-electron chi connectivity index (χ4n) is 4.14. The molecule has 2 aromatic rings. The van der Waals surface area contributed by atoms with Crippen LogP contribution in [0.15, 0.2) is 42.5 Å². The highest BCUT2D eigenvalue weighted by Crippen LogP contribution is 2.51. The number of fused-ring (bicyclic) bond motifs is 4. The first-order chi connectivity index (χ1) is 10.9. The predicted octanol–water partition coefficient (Wildman–Crippen LogP) is 3.43. The van der Waals surface area contributed by atoms with Crippen molar-refractivity contribution in [2.75, 3.05) is 11.7 Å². The van der Waals surface area contributed by atoms with Crippen LogP contribution in [0.25, 0.3) is 11.3 Å². The van der Waals surface area contributed by atoms with Crippen LogP contribution in [0.3, 0.4) is 0 Å². The van der Waals surface area contributed by atoms with Gasteiger partial charge in [-0.2, -0.15) is 0 Å².